The normalized spacial score (nSPS) is 20.9. The van der Waals surface area contributed by atoms with Crippen LogP contribution in [0, 0.1) is 5.41 Å². The van der Waals surface area contributed by atoms with Crippen LogP contribution in [0.5, 0.6) is 0 Å². The summed E-state index contributed by atoms with van der Waals surface area (Å²) in [4.78, 5) is 40.3. The zero-order valence-electron chi connectivity index (χ0n) is 16.1. The summed E-state index contributed by atoms with van der Waals surface area (Å²) in [7, 11) is 1.45. The predicted molar refractivity (Wildman–Crippen MR) is 103 cm³/mol. The Labute approximate surface area is 167 Å². The van der Waals surface area contributed by atoms with E-state index in [1.807, 2.05) is 24.3 Å². The number of rotatable bonds is 6. The number of para-hydroxylation sites is 1. The number of carbonyl (C=O) groups is 3. The lowest BCUT2D eigenvalue weighted by Crippen LogP contribution is -2.40. The fourth-order valence-corrected chi connectivity index (χ4v) is 4.13. The van der Waals surface area contributed by atoms with Crippen molar-refractivity contribution in [2.24, 2.45) is 5.41 Å². The van der Waals surface area contributed by atoms with Crippen molar-refractivity contribution in [3.63, 3.8) is 0 Å². The van der Waals surface area contributed by atoms with Gasteiger partial charge in [0.05, 0.1) is 25.8 Å². The summed E-state index contributed by atoms with van der Waals surface area (Å²) >= 11 is 0. The van der Waals surface area contributed by atoms with E-state index in [1.54, 1.807) is 11.0 Å². The molecule has 2 aliphatic rings. The van der Waals surface area contributed by atoms with Gasteiger partial charge in [0.1, 0.15) is 5.41 Å². The average molecular weight is 398 g/mol. The van der Waals surface area contributed by atoms with Gasteiger partial charge in [0.2, 0.25) is 5.91 Å². The minimum atomic E-state index is -1.11. The Bertz CT molecular complexity index is 968. The number of carboxylic acids is 1. The first-order valence-corrected chi connectivity index (χ1v) is 9.41. The van der Waals surface area contributed by atoms with Crippen LogP contribution in [0.3, 0.4) is 0 Å². The zero-order valence-corrected chi connectivity index (χ0v) is 16.1. The number of aliphatic carboxylic acids is 1. The molecule has 8 nitrogen and oxygen atoms in total. The molecule has 8 heteroatoms. The molecule has 3 heterocycles. The van der Waals surface area contributed by atoms with Crippen LogP contribution in [0.25, 0.3) is 0 Å². The largest absolute Gasteiger partial charge is 0.481 e. The fourth-order valence-electron chi connectivity index (χ4n) is 4.13. The van der Waals surface area contributed by atoms with E-state index < -0.39 is 11.4 Å². The molecule has 29 heavy (non-hydrogen) atoms. The third kappa shape index (κ3) is 3.29. The lowest BCUT2D eigenvalue weighted by molar-refractivity contribution is -0.151. The van der Waals surface area contributed by atoms with Crippen LogP contribution in [0.2, 0.25) is 0 Å². The standard InChI is InChI=1S/C21H22N2O6/c1-28-13-21(20(26)27)7-8-22(12-21)19(25)18-15(6-9-29-18)11-23-16-5-3-2-4-14(16)10-17(23)24/h2-6,9H,7-8,10-13H2,1H3,(H,26,27). The first kappa shape index (κ1) is 19.2. The van der Waals surface area contributed by atoms with Crippen LogP contribution in [-0.2, 0) is 27.3 Å². The number of ether oxygens (including phenoxy) is 1. The van der Waals surface area contributed by atoms with Gasteiger partial charge in [-0.3, -0.25) is 14.4 Å². The van der Waals surface area contributed by atoms with Gasteiger partial charge in [-0.25, -0.2) is 0 Å². The molecule has 2 aromatic rings. The summed E-state index contributed by atoms with van der Waals surface area (Å²) < 4.78 is 10.5. The number of methoxy groups -OCH3 is 1. The van der Waals surface area contributed by atoms with Gasteiger partial charge in [0, 0.05) is 31.5 Å². The van der Waals surface area contributed by atoms with Gasteiger partial charge >= 0.3 is 5.97 Å². The molecule has 1 fully saturated rings. The summed E-state index contributed by atoms with van der Waals surface area (Å²) in [6.07, 6.45) is 2.07. The summed E-state index contributed by atoms with van der Waals surface area (Å²) in [5.74, 6) is -1.24. The quantitative estimate of drug-likeness (QED) is 0.798. The number of likely N-dealkylation sites (tertiary alicyclic amines) is 1. The third-order valence-electron chi connectivity index (χ3n) is 5.71. The summed E-state index contributed by atoms with van der Waals surface area (Å²) in [6.45, 7) is 0.625. The molecular weight excluding hydrogens is 376 g/mol. The highest BCUT2D eigenvalue weighted by molar-refractivity contribution is 6.02. The number of fused-ring (bicyclic) bond motifs is 1. The van der Waals surface area contributed by atoms with Gasteiger partial charge in [-0.15, -0.1) is 0 Å². The molecule has 152 valence electrons. The lowest BCUT2D eigenvalue weighted by Gasteiger charge is -2.23. The molecule has 0 radical (unpaired) electrons. The Hall–Kier alpha value is -3.13. The second kappa shape index (κ2) is 7.36. The molecule has 1 N–H and O–H groups in total. The smallest absolute Gasteiger partial charge is 0.313 e. The Balaban J connectivity index is 1.54. The molecule has 0 aliphatic carbocycles. The summed E-state index contributed by atoms with van der Waals surface area (Å²) in [5, 5.41) is 9.61. The minimum Gasteiger partial charge on any atom is -0.481 e. The van der Waals surface area contributed by atoms with Gasteiger partial charge in [0.15, 0.2) is 5.76 Å². The fraction of sp³-hybridized carbons (Fsp3) is 0.381. The van der Waals surface area contributed by atoms with Crippen LogP contribution >= 0.6 is 0 Å². The topological polar surface area (TPSA) is 100 Å². The summed E-state index contributed by atoms with van der Waals surface area (Å²) in [5.41, 5.74) is 1.28. The second-order valence-corrected chi connectivity index (χ2v) is 7.56. The minimum absolute atomic E-state index is 0.0306. The zero-order chi connectivity index (χ0) is 20.6. The van der Waals surface area contributed by atoms with Crippen LogP contribution in [0.15, 0.2) is 41.0 Å². The van der Waals surface area contributed by atoms with E-state index in [4.69, 9.17) is 9.15 Å². The maximum absolute atomic E-state index is 13.0. The molecule has 0 spiro atoms. The van der Waals surface area contributed by atoms with E-state index in [2.05, 4.69) is 0 Å². The molecule has 1 atom stereocenters. The molecule has 1 aromatic heterocycles. The van der Waals surface area contributed by atoms with E-state index in [1.165, 1.54) is 18.3 Å². The van der Waals surface area contributed by atoms with Gasteiger partial charge in [0.25, 0.3) is 5.91 Å². The Morgan fingerprint density at radius 1 is 1.28 bits per heavy atom. The number of hydrogen-bond donors (Lipinski definition) is 1. The van der Waals surface area contributed by atoms with Crippen molar-refractivity contribution in [2.75, 3.05) is 31.7 Å². The van der Waals surface area contributed by atoms with Gasteiger partial charge in [-0.05, 0) is 24.1 Å². The monoisotopic (exact) mass is 398 g/mol. The molecule has 2 aliphatic heterocycles. The van der Waals surface area contributed by atoms with Gasteiger partial charge in [-0.2, -0.15) is 0 Å². The number of hydrogen-bond acceptors (Lipinski definition) is 5. The van der Waals surface area contributed by atoms with E-state index in [-0.39, 0.29) is 37.3 Å². The van der Waals surface area contributed by atoms with Crippen LogP contribution in [0.1, 0.15) is 28.1 Å². The molecule has 1 unspecified atom stereocenters. The number of carboxylic acid groups (broad SMARTS) is 1. The number of benzene rings is 1. The van der Waals surface area contributed by atoms with Crippen molar-refractivity contribution in [2.45, 2.75) is 19.4 Å². The van der Waals surface area contributed by atoms with Crippen molar-refractivity contribution in [1.29, 1.82) is 0 Å². The predicted octanol–water partition coefficient (Wildman–Crippen LogP) is 1.93. The number of carbonyl (C=O) groups excluding carboxylic acids is 2. The molecule has 2 amide bonds. The Kier molecular flexibility index (Phi) is 4.87. The van der Waals surface area contributed by atoms with Crippen molar-refractivity contribution in [3.8, 4) is 0 Å². The highest BCUT2D eigenvalue weighted by Gasteiger charge is 2.47. The number of amides is 2. The number of anilines is 1. The van der Waals surface area contributed by atoms with Gasteiger partial charge < -0.3 is 24.1 Å². The van der Waals surface area contributed by atoms with Crippen molar-refractivity contribution in [1.82, 2.24) is 4.90 Å². The summed E-state index contributed by atoms with van der Waals surface area (Å²) in [6, 6.07) is 9.24. The van der Waals surface area contributed by atoms with Crippen molar-refractivity contribution >= 4 is 23.5 Å². The maximum Gasteiger partial charge on any atom is 0.313 e. The maximum atomic E-state index is 13.0. The SMILES string of the molecule is COCC1(C(=O)O)CCN(C(=O)c2occc2CN2C(=O)Cc3ccccc32)C1. The van der Waals surface area contributed by atoms with E-state index in [0.29, 0.717) is 24.9 Å². The van der Waals surface area contributed by atoms with E-state index in [0.717, 1.165) is 11.3 Å². The van der Waals surface area contributed by atoms with Crippen LogP contribution in [0.4, 0.5) is 5.69 Å². The Morgan fingerprint density at radius 3 is 2.83 bits per heavy atom. The average Bonchev–Trinajstić information content (AvgIpc) is 3.41. The van der Waals surface area contributed by atoms with E-state index in [9.17, 15) is 19.5 Å². The highest BCUT2D eigenvalue weighted by atomic mass is 16.5. The molecule has 0 bridgehead atoms. The first-order chi connectivity index (χ1) is 13.9. The highest BCUT2D eigenvalue weighted by Crippen LogP contribution is 2.34. The second-order valence-electron chi connectivity index (χ2n) is 7.56. The van der Waals surface area contributed by atoms with Crippen molar-refractivity contribution < 1.29 is 28.6 Å². The molecule has 1 saturated heterocycles. The van der Waals surface area contributed by atoms with Crippen LogP contribution < -0.4 is 4.90 Å². The van der Waals surface area contributed by atoms with Crippen molar-refractivity contribution in [3.05, 3.63) is 53.5 Å². The third-order valence-corrected chi connectivity index (χ3v) is 5.71. The number of furan rings is 1. The first-order valence-electron chi connectivity index (χ1n) is 9.41. The molecule has 1 aromatic carbocycles. The van der Waals surface area contributed by atoms with Crippen LogP contribution in [-0.4, -0.2) is 54.6 Å². The van der Waals surface area contributed by atoms with E-state index >= 15 is 0 Å². The lowest BCUT2D eigenvalue weighted by atomic mass is 9.88. The van der Waals surface area contributed by atoms with Gasteiger partial charge in [-0.1, -0.05) is 18.2 Å². The number of nitrogens with zero attached hydrogens (tertiary/aromatic N) is 2. The molecule has 4 rings (SSSR count). The molecular formula is C21H22N2O6. The molecule has 0 saturated carbocycles. The Morgan fingerprint density at radius 2 is 2.07 bits per heavy atom.